The molecule has 2 aromatic rings. The minimum absolute atomic E-state index is 0.0226. The molecule has 1 amide bonds. The van der Waals surface area contributed by atoms with Gasteiger partial charge < -0.3 is 10.0 Å². The molecule has 1 heterocycles. The lowest BCUT2D eigenvalue weighted by Crippen LogP contribution is -2.50. The zero-order chi connectivity index (χ0) is 18.0. The quantitative estimate of drug-likeness (QED) is 0.899. The van der Waals surface area contributed by atoms with Crippen molar-refractivity contribution in [1.82, 2.24) is 9.21 Å². The van der Waals surface area contributed by atoms with E-state index in [2.05, 4.69) is 0 Å². The Bertz CT molecular complexity index is 876. The number of piperazine rings is 1. The third kappa shape index (κ3) is 3.49. The van der Waals surface area contributed by atoms with E-state index in [4.69, 9.17) is 0 Å². The van der Waals surface area contributed by atoms with E-state index >= 15 is 0 Å². The molecule has 0 spiro atoms. The number of carbonyl (C=O) groups is 1. The topological polar surface area (TPSA) is 77.9 Å². The molecule has 8 heteroatoms. The average Bonchev–Trinajstić information content (AvgIpc) is 2.62. The first-order valence-corrected chi connectivity index (χ1v) is 9.16. The van der Waals surface area contributed by atoms with Crippen LogP contribution in [-0.2, 0) is 10.0 Å². The molecular weight excluding hydrogens is 347 g/mol. The number of halogens is 1. The number of rotatable bonds is 3. The van der Waals surface area contributed by atoms with Gasteiger partial charge in [-0.3, -0.25) is 4.79 Å². The Kier molecular flexibility index (Phi) is 4.73. The predicted molar refractivity (Wildman–Crippen MR) is 89.2 cm³/mol. The SMILES string of the molecule is O=C(c1ccccc1O)N1CCN(S(=O)(=O)c2ccc(F)cc2)CC1. The number of sulfonamides is 1. The molecule has 1 saturated heterocycles. The maximum atomic E-state index is 13.0. The van der Waals surface area contributed by atoms with E-state index in [0.717, 1.165) is 12.1 Å². The predicted octanol–water partition coefficient (Wildman–Crippen LogP) is 1.68. The van der Waals surface area contributed by atoms with Gasteiger partial charge in [0.1, 0.15) is 11.6 Å². The summed E-state index contributed by atoms with van der Waals surface area (Å²) in [6, 6.07) is 10.9. The largest absolute Gasteiger partial charge is 0.507 e. The number of benzene rings is 2. The van der Waals surface area contributed by atoms with Gasteiger partial charge in [0.15, 0.2) is 0 Å². The van der Waals surface area contributed by atoms with Crippen LogP contribution in [0.5, 0.6) is 5.75 Å². The van der Waals surface area contributed by atoms with Gasteiger partial charge in [-0.05, 0) is 36.4 Å². The number of aromatic hydroxyl groups is 1. The Labute approximate surface area is 145 Å². The smallest absolute Gasteiger partial charge is 0.257 e. The Morgan fingerprint density at radius 3 is 2.16 bits per heavy atom. The fraction of sp³-hybridized carbons (Fsp3) is 0.235. The highest BCUT2D eigenvalue weighted by Gasteiger charge is 2.30. The summed E-state index contributed by atoms with van der Waals surface area (Å²) >= 11 is 0. The van der Waals surface area contributed by atoms with Gasteiger partial charge in [0.25, 0.3) is 5.91 Å². The number of nitrogens with zero attached hydrogens (tertiary/aromatic N) is 2. The van der Waals surface area contributed by atoms with Gasteiger partial charge in [-0.25, -0.2) is 12.8 Å². The van der Waals surface area contributed by atoms with Crippen molar-refractivity contribution in [3.63, 3.8) is 0 Å². The van der Waals surface area contributed by atoms with Crippen molar-refractivity contribution in [2.45, 2.75) is 4.90 Å². The first-order chi connectivity index (χ1) is 11.9. The van der Waals surface area contributed by atoms with E-state index < -0.39 is 15.8 Å². The van der Waals surface area contributed by atoms with Crippen molar-refractivity contribution in [2.75, 3.05) is 26.2 Å². The molecule has 1 aliphatic rings. The maximum Gasteiger partial charge on any atom is 0.257 e. The molecule has 0 atom stereocenters. The van der Waals surface area contributed by atoms with Gasteiger partial charge in [-0.1, -0.05) is 12.1 Å². The maximum absolute atomic E-state index is 13.0. The lowest BCUT2D eigenvalue weighted by molar-refractivity contribution is 0.0695. The Balaban J connectivity index is 1.70. The van der Waals surface area contributed by atoms with Gasteiger partial charge >= 0.3 is 0 Å². The Hall–Kier alpha value is -2.45. The highest BCUT2D eigenvalue weighted by Crippen LogP contribution is 2.21. The summed E-state index contributed by atoms with van der Waals surface area (Å²) in [4.78, 5) is 14.0. The number of phenolic OH excluding ortho intramolecular Hbond substituents is 1. The monoisotopic (exact) mass is 364 g/mol. The van der Waals surface area contributed by atoms with Crippen molar-refractivity contribution in [1.29, 1.82) is 0 Å². The standard InChI is InChI=1S/C17H17FN2O4S/c18-13-5-7-14(8-6-13)25(23,24)20-11-9-19(10-12-20)17(22)15-3-1-2-4-16(15)21/h1-8,21H,9-12H2. The number of carbonyl (C=O) groups excluding carboxylic acids is 1. The molecule has 1 fully saturated rings. The molecule has 2 aromatic carbocycles. The van der Waals surface area contributed by atoms with E-state index in [0.29, 0.717) is 0 Å². The van der Waals surface area contributed by atoms with Crippen LogP contribution in [0.3, 0.4) is 0 Å². The fourth-order valence-corrected chi connectivity index (χ4v) is 4.13. The van der Waals surface area contributed by atoms with E-state index in [1.165, 1.54) is 33.5 Å². The highest BCUT2D eigenvalue weighted by atomic mass is 32.2. The molecule has 25 heavy (non-hydrogen) atoms. The minimum atomic E-state index is -3.72. The summed E-state index contributed by atoms with van der Waals surface area (Å²) in [5.74, 6) is -0.942. The normalized spacial score (nSPS) is 16.0. The van der Waals surface area contributed by atoms with Crippen LogP contribution in [-0.4, -0.2) is 54.8 Å². The van der Waals surface area contributed by atoms with Gasteiger partial charge in [-0.15, -0.1) is 0 Å². The molecule has 6 nitrogen and oxygen atoms in total. The van der Waals surface area contributed by atoms with Crippen LogP contribution in [0.2, 0.25) is 0 Å². The summed E-state index contributed by atoms with van der Waals surface area (Å²) in [7, 11) is -3.72. The van der Waals surface area contributed by atoms with Crippen LogP contribution in [0.4, 0.5) is 4.39 Å². The van der Waals surface area contributed by atoms with Crippen LogP contribution < -0.4 is 0 Å². The summed E-state index contributed by atoms with van der Waals surface area (Å²) in [5, 5.41) is 9.78. The molecule has 132 valence electrons. The molecule has 0 saturated carbocycles. The second-order valence-electron chi connectivity index (χ2n) is 5.67. The molecule has 1 N–H and O–H groups in total. The minimum Gasteiger partial charge on any atom is -0.507 e. The number of hydrogen-bond acceptors (Lipinski definition) is 4. The number of hydrogen-bond donors (Lipinski definition) is 1. The van der Waals surface area contributed by atoms with Crippen LogP contribution in [0, 0.1) is 5.82 Å². The van der Waals surface area contributed by atoms with Gasteiger partial charge in [0.05, 0.1) is 10.5 Å². The summed E-state index contributed by atoms with van der Waals surface area (Å²) in [5.41, 5.74) is 0.192. The van der Waals surface area contributed by atoms with Gasteiger partial charge in [-0.2, -0.15) is 4.31 Å². The van der Waals surface area contributed by atoms with Crippen LogP contribution >= 0.6 is 0 Å². The van der Waals surface area contributed by atoms with Crippen LogP contribution in [0.25, 0.3) is 0 Å². The molecule has 3 rings (SSSR count). The fourth-order valence-electron chi connectivity index (χ4n) is 2.71. The van der Waals surface area contributed by atoms with Crippen molar-refractivity contribution in [2.24, 2.45) is 0 Å². The van der Waals surface area contributed by atoms with E-state index in [1.54, 1.807) is 12.1 Å². The summed E-state index contributed by atoms with van der Waals surface area (Å²) in [6.07, 6.45) is 0. The number of para-hydroxylation sites is 1. The van der Waals surface area contributed by atoms with E-state index in [1.807, 2.05) is 0 Å². The molecule has 0 bridgehead atoms. The van der Waals surface area contributed by atoms with Crippen LogP contribution in [0.15, 0.2) is 53.4 Å². The molecule has 0 aliphatic carbocycles. The number of phenols is 1. The molecule has 0 radical (unpaired) electrons. The van der Waals surface area contributed by atoms with E-state index in [9.17, 15) is 22.7 Å². The van der Waals surface area contributed by atoms with Crippen molar-refractivity contribution in [3.8, 4) is 5.75 Å². The Morgan fingerprint density at radius 2 is 1.56 bits per heavy atom. The molecular formula is C17H17FN2O4S. The average molecular weight is 364 g/mol. The van der Waals surface area contributed by atoms with Crippen molar-refractivity contribution < 1.29 is 22.7 Å². The third-order valence-electron chi connectivity index (χ3n) is 4.11. The second kappa shape index (κ2) is 6.81. The van der Waals surface area contributed by atoms with E-state index in [-0.39, 0.29) is 48.3 Å². The lowest BCUT2D eigenvalue weighted by atomic mass is 10.1. The zero-order valence-electron chi connectivity index (χ0n) is 13.3. The number of amides is 1. The van der Waals surface area contributed by atoms with Crippen molar-refractivity contribution >= 4 is 15.9 Å². The highest BCUT2D eigenvalue weighted by molar-refractivity contribution is 7.89. The molecule has 0 aromatic heterocycles. The lowest BCUT2D eigenvalue weighted by Gasteiger charge is -2.34. The summed E-state index contributed by atoms with van der Waals surface area (Å²) in [6.45, 7) is 0.708. The zero-order valence-corrected chi connectivity index (χ0v) is 14.1. The second-order valence-corrected chi connectivity index (χ2v) is 7.61. The van der Waals surface area contributed by atoms with Crippen molar-refractivity contribution in [3.05, 3.63) is 59.9 Å². The molecule has 0 unspecified atom stereocenters. The van der Waals surface area contributed by atoms with Gasteiger partial charge in [0, 0.05) is 26.2 Å². The Morgan fingerprint density at radius 1 is 0.960 bits per heavy atom. The summed E-state index contributed by atoms with van der Waals surface area (Å²) < 4.78 is 39.4. The first kappa shape index (κ1) is 17.4. The first-order valence-electron chi connectivity index (χ1n) is 7.72. The third-order valence-corrected chi connectivity index (χ3v) is 6.02. The van der Waals surface area contributed by atoms with Gasteiger partial charge in [0.2, 0.25) is 10.0 Å². The molecule has 1 aliphatic heterocycles. The van der Waals surface area contributed by atoms with Crippen LogP contribution in [0.1, 0.15) is 10.4 Å².